The van der Waals surface area contributed by atoms with Gasteiger partial charge in [-0.3, -0.25) is 14.8 Å². The molecular weight excluding hydrogens is 320 g/mol. The first-order chi connectivity index (χ1) is 11.9. The van der Waals surface area contributed by atoms with Crippen molar-refractivity contribution in [2.75, 3.05) is 5.32 Å². The molecule has 0 saturated carbocycles. The Morgan fingerprint density at radius 1 is 1.20 bits per heavy atom. The third-order valence-corrected chi connectivity index (χ3v) is 3.99. The number of aryl methyl sites for hydroxylation is 2. The first-order valence-corrected chi connectivity index (χ1v) is 7.76. The number of rotatable bonds is 5. The summed E-state index contributed by atoms with van der Waals surface area (Å²) in [4.78, 5) is 19.3. The van der Waals surface area contributed by atoms with E-state index in [-0.39, 0.29) is 5.69 Å². The zero-order valence-electron chi connectivity index (χ0n) is 14.2. The van der Waals surface area contributed by atoms with Crippen molar-refractivity contribution in [3.63, 3.8) is 0 Å². The highest BCUT2D eigenvalue weighted by Crippen LogP contribution is 2.21. The molecule has 3 rings (SSSR count). The van der Waals surface area contributed by atoms with E-state index in [4.69, 9.17) is 0 Å². The Morgan fingerprint density at radius 3 is 2.52 bits per heavy atom. The van der Waals surface area contributed by atoms with Crippen molar-refractivity contribution in [1.29, 1.82) is 0 Å². The van der Waals surface area contributed by atoms with Gasteiger partial charge in [0.05, 0.1) is 11.1 Å². The molecule has 0 aliphatic carbocycles. The average molecular weight is 338 g/mol. The predicted molar refractivity (Wildman–Crippen MR) is 94.1 cm³/mol. The zero-order chi connectivity index (χ0) is 18.0. The number of non-ortho nitro benzene ring substituents is 1. The smallest absolute Gasteiger partial charge is 0.269 e. The maximum atomic E-state index is 10.8. The van der Waals surface area contributed by atoms with Crippen LogP contribution in [0.15, 0.2) is 36.5 Å². The van der Waals surface area contributed by atoms with E-state index in [1.807, 2.05) is 37.8 Å². The maximum absolute atomic E-state index is 10.8. The van der Waals surface area contributed by atoms with Crippen LogP contribution in [0.3, 0.4) is 0 Å². The van der Waals surface area contributed by atoms with E-state index in [0.29, 0.717) is 18.2 Å². The minimum Gasteiger partial charge on any atom is -0.366 e. The minimum absolute atomic E-state index is 0.0433. The van der Waals surface area contributed by atoms with Gasteiger partial charge in [0, 0.05) is 54.3 Å². The van der Waals surface area contributed by atoms with Crippen LogP contribution < -0.4 is 5.32 Å². The van der Waals surface area contributed by atoms with Crippen LogP contribution in [0.4, 0.5) is 11.5 Å². The molecule has 0 spiro atoms. The Hall–Kier alpha value is -3.29. The Balaban J connectivity index is 1.82. The third kappa shape index (κ3) is 3.63. The van der Waals surface area contributed by atoms with Crippen LogP contribution in [0.25, 0.3) is 11.4 Å². The van der Waals surface area contributed by atoms with Crippen molar-refractivity contribution in [3.05, 3.63) is 63.6 Å². The van der Waals surface area contributed by atoms with Gasteiger partial charge in [-0.25, -0.2) is 9.97 Å². The van der Waals surface area contributed by atoms with Crippen LogP contribution in [0.5, 0.6) is 0 Å². The lowest BCUT2D eigenvalue weighted by Crippen LogP contribution is -2.05. The van der Waals surface area contributed by atoms with E-state index in [1.165, 1.54) is 12.1 Å². The van der Waals surface area contributed by atoms with Gasteiger partial charge in [0.2, 0.25) is 0 Å². The Kier molecular flexibility index (Phi) is 4.42. The molecule has 2 heterocycles. The average Bonchev–Trinajstić information content (AvgIpc) is 2.91. The third-order valence-electron chi connectivity index (χ3n) is 3.99. The number of hydrogen-bond donors (Lipinski definition) is 1. The number of aromatic nitrogens is 4. The van der Waals surface area contributed by atoms with Gasteiger partial charge in [-0.1, -0.05) is 0 Å². The lowest BCUT2D eigenvalue weighted by molar-refractivity contribution is -0.384. The standard InChI is InChI=1S/C17H18N6O2/c1-11-8-16(18-9-14-10-19-22(3)12(14)2)21-17(20-11)13-4-6-15(7-5-13)23(24)25/h4-8,10H,9H2,1-3H3,(H,18,20,21). The molecule has 25 heavy (non-hydrogen) atoms. The molecule has 128 valence electrons. The lowest BCUT2D eigenvalue weighted by Gasteiger charge is -2.09. The van der Waals surface area contributed by atoms with E-state index in [9.17, 15) is 10.1 Å². The minimum atomic E-state index is -0.426. The van der Waals surface area contributed by atoms with Crippen LogP contribution in [0.2, 0.25) is 0 Å². The molecule has 0 bridgehead atoms. The Morgan fingerprint density at radius 2 is 1.92 bits per heavy atom. The number of hydrogen-bond acceptors (Lipinski definition) is 6. The molecule has 3 aromatic rings. The van der Waals surface area contributed by atoms with E-state index < -0.39 is 4.92 Å². The summed E-state index contributed by atoms with van der Waals surface area (Å²) in [5, 5.41) is 18.3. The molecule has 0 radical (unpaired) electrons. The molecule has 1 N–H and O–H groups in total. The predicted octanol–water partition coefficient (Wildman–Crippen LogP) is 3.01. The van der Waals surface area contributed by atoms with Crippen molar-refractivity contribution >= 4 is 11.5 Å². The maximum Gasteiger partial charge on any atom is 0.269 e. The van der Waals surface area contributed by atoms with Crippen LogP contribution in [-0.4, -0.2) is 24.7 Å². The van der Waals surface area contributed by atoms with Crippen molar-refractivity contribution < 1.29 is 4.92 Å². The second-order valence-corrected chi connectivity index (χ2v) is 5.75. The second kappa shape index (κ2) is 6.68. The molecule has 0 saturated heterocycles. The quantitative estimate of drug-likeness (QED) is 0.567. The van der Waals surface area contributed by atoms with Crippen LogP contribution in [0, 0.1) is 24.0 Å². The summed E-state index contributed by atoms with van der Waals surface area (Å²) in [6.07, 6.45) is 1.83. The number of benzene rings is 1. The molecule has 0 aliphatic rings. The number of anilines is 1. The topological polar surface area (TPSA) is 98.8 Å². The van der Waals surface area contributed by atoms with Crippen LogP contribution in [-0.2, 0) is 13.6 Å². The van der Waals surface area contributed by atoms with Gasteiger partial charge in [0.15, 0.2) is 5.82 Å². The summed E-state index contributed by atoms with van der Waals surface area (Å²) in [5.41, 5.74) is 3.77. The summed E-state index contributed by atoms with van der Waals surface area (Å²) < 4.78 is 1.82. The molecular formula is C17H18N6O2. The highest BCUT2D eigenvalue weighted by molar-refractivity contribution is 5.59. The van der Waals surface area contributed by atoms with E-state index in [0.717, 1.165) is 22.5 Å². The first kappa shape index (κ1) is 16.6. The molecule has 0 atom stereocenters. The van der Waals surface area contributed by atoms with Gasteiger partial charge < -0.3 is 5.32 Å². The molecule has 0 amide bonds. The SMILES string of the molecule is Cc1cc(NCc2cnn(C)c2C)nc(-c2ccc([N+](=O)[O-])cc2)n1. The normalized spacial score (nSPS) is 10.7. The first-order valence-electron chi connectivity index (χ1n) is 7.76. The van der Waals surface area contributed by atoms with Gasteiger partial charge in [0.1, 0.15) is 5.82 Å². The van der Waals surface area contributed by atoms with Gasteiger partial charge >= 0.3 is 0 Å². The zero-order valence-corrected chi connectivity index (χ0v) is 14.2. The number of nitro benzene ring substituents is 1. The molecule has 2 aromatic heterocycles. The van der Waals surface area contributed by atoms with Crippen molar-refractivity contribution in [2.45, 2.75) is 20.4 Å². The Bertz CT molecular complexity index is 917. The van der Waals surface area contributed by atoms with E-state index in [2.05, 4.69) is 20.4 Å². The molecule has 8 heteroatoms. The summed E-state index contributed by atoms with van der Waals surface area (Å²) >= 11 is 0. The summed E-state index contributed by atoms with van der Waals surface area (Å²) in [6.45, 7) is 4.50. The molecule has 8 nitrogen and oxygen atoms in total. The van der Waals surface area contributed by atoms with E-state index >= 15 is 0 Å². The lowest BCUT2D eigenvalue weighted by atomic mass is 10.2. The summed E-state index contributed by atoms with van der Waals surface area (Å²) in [7, 11) is 1.90. The molecule has 0 unspecified atom stereocenters. The van der Waals surface area contributed by atoms with Crippen LogP contribution in [0.1, 0.15) is 17.0 Å². The van der Waals surface area contributed by atoms with Gasteiger partial charge in [0.25, 0.3) is 5.69 Å². The number of nitro groups is 1. The van der Waals surface area contributed by atoms with Crippen molar-refractivity contribution in [2.24, 2.45) is 7.05 Å². The number of nitrogens with one attached hydrogen (secondary N) is 1. The van der Waals surface area contributed by atoms with Crippen molar-refractivity contribution in [1.82, 2.24) is 19.7 Å². The van der Waals surface area contributed by atoms with Crippen LogP contribution >= 0.6 is 0 Å². The Labute approximate surface area is 144 Å². The second-order valence-electron chi connectivity index (χ2n) is 5.75. The van der Waals surface area contributed by atoms with Gasteiger partial charge in [-0.2, -0.15) is 5.10 Å². The summed E-state index contributed by atoms with van der Waals surface area (Å²) in [6, 6.07) is 8.07. The molecule has 0 aliphatic heterocycles. The van der Waals surface area contributed by atoms with Gasteiger partial charge in [-0.15, -0.1) is 0 Å². The monoisotopic (exact) mass is 338 g/mol. The highest BCUT2D eigenvalue weighted by atomic mass is 16.6. The fraction of sp³-hybridized carbons (Fsp3) is 0.235. The molecule has 0 fully saturated rings. The largest absolute Gasteiger partial charge is 0.366 e. The fourth-order valence-corrected chi connectivity index (χ4v) is 2.42. The summed E-state index contributed by atoms with van der Waals surface area (Å²) in [5.74, 6) is 1.23. The van der Waals surface area contributed by atoms with Gasteiger partial charge in [-0.05, 0) is 26.0 Å². The highest BCUT2D eigenvalue weighted by Gasteiger charge is 2.09. The molecule has 1 aromatic carbocycles. The number of nitrogens with zero attached hydrogens (tertiary/aromatic N) is 5. The van der Waals surface area contributed by atoms with E-state index in [1.54, 1.807) is 12.1 Å². The van der Waals surface area contributed by atoms with Crippen molar-refractivity contribution in [3.8, 4) is 11.4 Å². The fourth-order valence-electron chi connectivity index (χ4n) is 2.42.